The molecule has 1 saturated heterocycles. The van der Waals surface area contributed by atoms with Gasteiger partial charge in [0.05, 0.1) is 5.56 Å². The van der Waals surface area contributed by atoms with Crippen LogP contribution >= 0.6 is 0 Å². The lowest BCUT2D eigenvalue weighted by molar-refractivity contribution is 0.0690. The summed E-state index contributed by atoms with van der Waals surface area (Å²) < 4.78 is 18.4. The quantitative estimate of drug-likeness (QED) is 0.941. The maximum atomic E-state index is 13.3. The van der Waals surface area contributed by atoms with Crippen molar-refractivity contribution in [1.82, 2.24) is 4.90 Å². The summed E-state index contributed by atoms with van der Waals surface area (Å²) in [4.78, 5) is 25.1. The molecule has 1 N–H and O–H groups in total. The average molecular weight is 317 g/mol. The van der Waals surface area contributed by atoms with Crippen molar-refractivity contribution in [1.29, 1.82) is 0 Å². The maximum absolute atomic E-state index is 13.3. The van der Waals surface area contributed by atoms with Crippen molar-refractivity contribution in [2.24, 2.45) is 0 Å². The molecule has 0 spiro atoms. The highest BCUT2D eigenvalue weighted by Gasteiger charge is 2.31. The fourth-order valence-corrected chi connectivity index (χ4v) is 2.95. The number of carbonyl (C=O) groups is 2. The number of carboxylic acid groups (broad SMARTS) is 1. The van der Waals surface area contributed by atoms with E-state index in [1.165, 1.54) is 18.2 Å². The largest absolute Gasteiger partial charge is 0.478 e. The lowest BCUT2D eigenvalue weighted by Gasteiger charge is -2.23. The van der Waals surface area contributed by atoms with Crippen LogP contribution in [-0.4, -0.2) is 34.5 Å². The number of nitrogens with zero attached hydrogens (tertiary/aromatic N) is 1. The molecular formula is C17H16FNO4. The molecule has 6 heteroatoms. The van der Waals surface area contributed by atoms with Crippen LogP contribution in [0.2, 0.25) is 0 Å². The van der Waals surface area contributed by atoms with E-state index in [-0.39, 0.29) is 29.1 Å². The molecule has 1 aliphatic heterocycles. The molecule has 1 aromatic carbocycles. The summed E-state index contributed by atoms with van der Waals surface area (Å²) in [6, 6.07) is 7.54. The van der Waals surface area contributed by atoms with Gasteiger partial charge < -0.3 is 14.4 Å². The first-order valence-electron chi connectivity index (χ1n) is 7.42. The van der Waals surface area contributed by atoms with Crippen LogP contribution < -0.4 is 0 Å². The molecule has 0 unspecified atom stereocenters. The smallest absolute Gasteiger partial charge is 0.338 e. The Kier molecular flexibility index (Phi) is 4.14. The summed E-state index contributed by atoms with van der Waals surface area (Å²) in [7, 11) is 0. The van der Waals surface area contributed by atoms with Gasteiger partial charge in [0.15, 0.2) is 5.76 Å². The normalized spacial score (nSPS) is 17.4. The number of aromatic carboxylic acids is 1. The summed E-state index contributed by atoms with van der Waals surface area (Å²) in [5.74, 6) is -1.73. The molecule has 0 bridgehead atoms. The van der Waals surface area contributed by atoms with E-state index in [2.05, 4.69) is 0 Å². The first-order valence-corrected chi connectivity index (χ1v) is 7.42. The summed E-state index contributed by atoms with van der Waals surface area (Å²) in [6.45, 7) is 0.585. The molecule has 1 aliphatic rings. The number of likely N-dealkylation sites (tertiary alicyclic amines) is 1. The van der Waals surface area contributed by atoms with Gasteiger partial charge in [-0.2, -0.15) is 0 Å². The molecule has 2 heterocycles. The molecule has 3 rings (SSSR count). The highest BCUT2D eigenvalue weighted by atomic mass is 19.1. The SMILES string of the molecule is O=C(O)c1coc(C(=O)N2CCC[C@@H]2Cc2cccc(F)c2)c1. The number of carbonyl (C=O) groups excluding carboxylic acids is 1. The van der Waals surface area contributed by atoms with Crippen LogP contribution in [0, 0.1) is 5.82 Å². The first kappa shape index (κ1) is 15.3. The van der Waals surface area contributed by atoms with Gasteiger partial charge in [0, 0.05) is 18.7 Å². The third-order valence-corrected chi connectivity index (χ3v) is 4.06. The van der Waals surface area contributed by atoms with Crippen LogP contribution in [0.4, 0.5) is 4.39 Å². The zero-order valence-corrected chi connectivity index (χ0v) is 12.4. The van der Waals surface area contributed by atoms with Crippen LogP contribution in [0.1, 0.15) is 39.3 Å². The molecule has 0 aliphatic carbocycles. The van der Waals surface area contributed by atoms with Gasteiger partial charge in [-0.3, -0.25) is 4.79 Å². The number of hydrogen-bond donors (Lipinski definition) is 1. The van der Waals surface area contributed by atoms with Gasteiger partial charge in [-0.05, 0) is 37.0 Å². The molecule has 2 aromatic rings. The highest BCUT2D eigenvalue weighted by Crippen LogP contribution is 2.24. The van der Waals surface area contributed by atoms with Crippen molar-refractivity contribution in [3.8, 4) is 0 Å². The van der Waals surface area contributed by atoms with E-state index in [4.69, 9.17) is 9.52 Å². The van der Waals surface area contributed by atoms with E-state index in [1.807, 2.05) is 6.07 Å². The van der Waals surface area contributed by atoms with Gasteiger partial charge in [-0.25, -0.2) is 9.18 Å². The van der Waals surface area contributed by atoms with Gasteiger partial charge in [0.1, 0.15) is 12.1 Å². The van der Waals surface area contributed by atoms with E-state index < -0.39 is 5.97 Å². The first-order chi connectivity index (χ1) is 11.0. The Labute approximate surface area is 132 Å². The Morgan fingerprint density at radius 1 is 1.35 bits per heavy atom. The van der Waals surface area contributed by atoms with Crippen molar-refractivity contribution < 1.29 is 23.5 Å². The third-order valence-electron chi connectivity index (χ3n) is 4.06. The van der Waals surface area contributed by atoms with E-state index >= 15 is 0 Å². The molecule has 1 amide bonds. The Morgan fingerprint density at radius 2 is 2.17 bits per heavy atom. The van der Waals surface area contributed by atoms with Crippen molar-refractivity contribution in [2.45, 2.75) is 25.3 Å². The predicted octanol–water partition coefficient (Wildman–Crippen LogP) is 2.96. The number of amides is 1. The number of furan rings is 1. The van der Waals surface area contributed by atoms with E-state index in [0.717, 1.165) is 24.7 Å². The molecule has 120 valence electrons. The fraction of sp³-hybridized carbons (Fsp3) is 0.294. The summed E-state index contributed by atoms with van der Waals surface area (Å²) in [5.41, 5.74) is 0.787. The maximum Gasteiger partial charge on any atom is 0.338 e. The van der Waals surface area contributed by atoms with Crippen LogP contribution in [-0.2, 0) is 6.42 Å². The standard InChI is InChI=1S/C17H16FNO4/c18-13-4-1-3-11(7-13)8-14-5-2-6-19(14)16(20)15-9-12(10-23-15)17(21)22/h1,3-4,7,9-10,14H,2,5-6,8H2,(H,21,22)/t14-/m1/s1. The van der Waals surface area contributed by atoms with E-state index in [0.29, 0.717) is 13.0 Å². The minimum absolute atomic E-state index is 0.0218. The van der Waals surface area contributed by atoms with Gasteiger partial charge >= 0.3 is 5.97 Å². The molecule has 23 heavy (non-hydrogen) atoms. The molecule has 0 saturated carbocycles. The second kappa shape index (κ2) is 6.24. The van der Waals surface area contributed by atoms with Crippen molar-refractivity contribution in [2.75, 3.05) is 6.54 Å². The van der Waals surface area contributed by atoms with Gasteiger partial charge in [0.25, 0.3) is 5.91 Å². The minimum Gasteiger partial charge on any atom is -0.478 e. The Balaban J connectivity index is 1.75. The molecule has 1 fully saturated rings. The van der Waals surface area contributed by atoms with Crippen molar-refractivity contribution >= 4 is 11.9 Å². The summed E-state index contributed by atoms with van der Waals surface area (Å²) in [5, 5.41) is 8.90. The Bertz CT molecular complexity index is 740. The minimum atomic E-state index is -1.13. The predicted molar refractivity (Wildman–Crippen MR) is 79.8 cm³/mol. The van der Waals surface area contributed by atoms with Crippen LogP contribution in [0.3, 0.4) is 0 Å². The summed E-state index contributed by atoms with van der Waals surface area (Å²) >= 11 is 0. The zero-order chi connectivity index (χ0) is 16.4. The average Bonchev–Trinajstić information content (AvgIpc) is 3.15. The van der Waals surface area contributed by atoms with Crippen LogP contribution in [0.15, 0.2) is 41.0 Å². The summed E-state index contributed by atoms with van der Waals surface area (Å²) in [6.07, 6.45) is 3.32. The van der Waals surface area contributed by atoms with E-state index in [1.54, 1.807) is 11.0 Å². The second-order valence-corrected chi connectivity index (χ2v) is 5.63. The van der Waals surface area contributed by atoms with Crippen LogP contribution in [0.25, 0.3) is 0 Å². The second-order valence-electron chi connectivity index (χ2n) is 5.63. The van der Waals surface area contributed by atoms with Crippen molar-refractivity contribution in [3.63, 3.8) is 0 Å². The monoisotopic (exact) mass is 317 g/mol. The van der Waals surface area contributed by atoms with Gasteiger partial charge in [-0.15, -0.1) is 0 Å². The third kappa shape index (κ3) is 3.26. The number of carboxylic acids is 1. The number of hydrogen-bond acceptors (Lipinski definition) is 3. The highest BCUT2D eigenvalue weighted by molar-refractivity contribution is 5.95. The lowest BCUT2D eigenvalue weighted by atomic mass is 10.0. The van der Waals surface area contributed by atoms with E-state index in [9.17, 15) is 14.0 Å². The number of halogens is 1. The van der Waals surface area contributed by atoms with Gasteiger partial charge in [-0.1, -0.05) is 12.1 Å². The Morgan fingerprint density at radius 3 is 2.87 bits per heavy atom. The lowest BCUT2D eigenvalue weighted by Crippen LogP contribution is -2.36. The molecular weight excluding hydrogens is 301 g/mol. The molecule has 1 aromatic heterocycles. The number of rotatable bonds is 4. The zero-order valence-electron chi connectivity index (χ0n) is 12.4. The molecule has 5 nitrogen and oxygen atoms in total. The van der Waals surface area contributed by atoms with Crippen molar-refractivity contribution in [3.05, 3.63) is 59.3 Å². The molecule has 1 atom stereocenters. The Hall–Kier alpha value is -2.63. The topological polar surface area (TPSA) is 70.7 Å². The number of benzene rings is 1. The fourth-order valence-electron chi connectivity index (χ4n) is 2.95. The molecule has 0 radical (unpaired) electrons. The van der Waals surface area contributed by atoms with Crippen LogP contribution in [0.5, 0.6) is 0 Å². The van der Waals surface area contributed by atoms with Gasteiger partial charge in [0.2, 0.25) is 0 Å².